The van der Waals surface area contributed by atoms with Crippen LogP contribution in [0.3, 0.4) is 0 Å². The minimum atomic E-state index is -0.826. The maximum absolute atomic E-state index is 12.8. The fraction of sp³-hybridized carbons (Fsp3) is 0.273. The Morgan fingerprint density at radius 2 is 1.66 bits per heavy atom. The van der Waals surface area contributed by atoms with Gasteiger partial charge in [0.05, 0.1) is 16.8 Å². The summed E-state index contributed by atoms with van der Waals surface area (Å²) in [7, 11) is 0. The summed E-state index contributed by atoms with van der Waals surface area (Å²) in [5, 5.41) is 2.67. The first-order valence-electron chi connectivity index (χ1n) is 9.50. The average Bonchev–Trinajstić information content (AvgIpc) is 2.73. The van der Waals surface area contributed by atoms with Crippen molar-refractivity contribution in [2.24, 2.45) is 0 Å². The molecule has 0 atom stereocenters. The van der Waals surface area contributed by atoms with Crippen molar-refractivity contribution in [3.63, 3.8) is 0 Å². The highest BCUT2D eigenvalue weighted by Gasteiger charge is 2.33. The number of anilines is 1. The van der Waals surface area contributed by atoms with Crippen LogP contribution in [0.1, 0.15) is 68.4 Å². The van der Waals surface area contributed by atoms with E-state index in [-0.39, 0.29) is 33.7 Å². The number of nitrogens with one attached hydrogen (secondary N) is 1. The average molecular weight is 394 g/mol. The minimum absolute atomic E-state index is 0.00725. The monoisotopic (exact) mass is 394 g/mol. The number of nitrogens with two attached hydrogens (primary N) is 1. The number of carbonyl (C=O) groups excluding carboxylic acids is 4. The van der Waals surface area contributed by atoms with Gasteiger partial charge in [-0.15, -0.1) is 0 Å². The molecule has 1 amide bonds. The smallest absolute Gasteiger partial charge is 0.340 e. The van der Waals surface area contributed by atoms with Crippen LogP contribution in [0.15, 0.2) is 36.4 Å². The van der Waals surface area contributed by atoms with E-state index in [1.165, 1.54) is 12.1 Å². The number of hydrogen-bond acceptors (Lipinski definition) is 6. The maximum atomic E-state index is 12.8. The van der Waals surface area contributed by atoms with Crippen molar-refractivity contribution in [3.8, 4) is 0 Å². The Bertz CT molecular complexity index is 997. The molecule has 29 heavy (non-hydrogen) atoms. The van der Waals surface area contributed by atoms with Crippen molar-refractivity contribution in [1.82, 2.24) is 5.32 Å². The molecule has 0 radical (unpaired) electrons. The van der Waals surface area contributed by atoms with E-state index in [0.717, 1.165) is 19.3 Å². The molecule has 1 aliphatic carbocycles. The molecule has 0 fully saturated rings. The predicted octanol–water partition coefficient (Wildman–Crippen LogP) is 2.51. The van der Waals surface area contributed by atoms with E-state index in [1.54, 1.807) is 24.3 Å². The zero-order valence-corrected chi connectivity index (χ0v) is 16.1. The van der Waals surface area contributed by atoms with E-state index in [2.05, 4.69) is 12.2 Å². The third-order valence-electron chi connectivity index (χ3n) is 4.79. The summed E-state index contributed by atoms with van der Waals surface area (Å²) >= 11 is 0. The number of hydrogen-bond donors (Lipinski definition) is 2. The van der Waals surface area contributed by atoms with Crippen LogP contribution in [-0.4, -0.2) is 36.6 Å². The normalized spacial score (nSPS) is 12.2. The van der Waals surface area contributed by atoms with Crippen molar-refractivity contribution >= 4 is 29.1 Å². The van der Waals surface area contributed by atoms with Gasteiger partial charge in [-0.25, -0.2) is 4.79 Å². The molecule has 3 rings (SSSR count). The quantitative estimate of drug-likeness (QED) is 0.361. The second-order valence-electron chi connectivity index (χ2n) is 6.79. The van der Waals surface area contributed by atoms with Gasteiger partial charge < -0.3 is 15.8 Å². The van der Waals surface area contributed by atoms with Crippen LogP contribution in [0.25, 0.3) is 0 Å². The number of ketones is 2. The first-order valence-corrected chi connectivity index (χ1v) is 9.50. The Balaban J connectivity index is 1.76. The summed E-state index contributed by atoms with van der Waals surface area (Å²) in [4.78, 5) is 49.7. The molecule has 3 N–H and O–H groups in total. The van der Waals surface area contributed by atoms with Crippen LogP contribution in [0, 0.1) is 0 Å². The molecule has 1 aliphatic rings. The lowest BCUT2D eigenvalue weighted by Gasteiger charge is -2.20. The zero-order valence-electron chi connectivity index (χ0n) is 16.1. The van der Waals surface area contributed by atoms with Crippen LogP contribution in [0.2, 0.25) is 0 Å². The second-order valence-corrected chi connectivity index (χ2v) is 6.79. The molecule has 0 bridgehead atoms. The van der Waals surface area contributed by atoms with Gasteiger partial charge in [-0.05, 0) is 18.6 Å². The van der Waals surface area contributed by atoms with E-state index in [0.29, 0.717) is 12.1 Å². The van der Waals surface area contributed by atoms with Gasteiger partial charge >= 0.3 is 5.97 Å². The molecule has 7 heteroatoms. The van der Waals surface area contributed by atoms with Crippen molar-refractivity contribution in [2.75, 3.05) is 18.9 Å². The number of ether oxygens (including phenoxy) is 1. The molecule has 0 aliphatic heterocycles. The third kappa shape index (κ3) is 4.03. The molecule has 2 aromatic rings. The number of esters is 1. The molecule has 0 saturated carbocycles. The number of unbranched alkanes of at least 4 members (excludes halogenated alkanes) is 2. The Hall–Kier alpha value is -3.48. The third-order valence-corrected chi connectivity index (χ3v) is 4.79. The van der Waals surface area contributed by atoms with E-state index in [4.69, 9.17) is 10.5 Å². The minimum Gasteiger partial charge on any atom is -0.452 e. The maximum Gasteiger partial charge on any atom is 0.340 e. The van der Waals surface area contributed by atoms with Gasteiger partial charge in [0, 0.05) is 23.2 Å². The summed E-state index contributed by atoms with van der Waals surface area (Å²) in [6.45, 7) is 2.13. The van der Waals surface area contributed by atoms with Crippen LogP contribution in [-0.2, 0) is 9.53 Å². The Morgan fingerprint density at radius 1 is 0.966 bits per heavy atom. The summed E-state index contributed by atoms with van der Waals surface area (Å²) in [5.41, 5.74) is 6.58. The van der Waals surface area contributed by atoms with Gasteiger partial charge in [-0.3, -0.25) is 14.4 Å². The van der Waals surface area contributed by atoms with Gasteiger partial charge in [-0.2, -0.15) is 0 Å². The fourth-order valence-electron chi connectivity index (χ4n) is 3.25. The second kappa shape index (κ2) is 8.68. The Morgan fingerprint density at radius 3 is 2.34 bits per heavy atom. The van der Waals surface area contributed by atoms with Gasteiger partial charge in [0.15, 0.2) is 18.2 Å². The highest BCUT2D eigenvalue weighted by molar-refractivity contribution is 6.30. The molecular weight excluding hydrogens is 372 g/mol. The number of carbonyl (C=O) groups is 4. The summed E-state index contributed by atoms with van der Waals surface area (Å²) in [5.74, 6) is -1.98. The number of nitrogen functional groups attached to an aromatic ring is 1. The summed E-state index contributed by atoms with van der Waals surface area (Å²) < 4.78 is 5.02. The van der Waals surface area contributed by atoms with Crippen molar-refractivity contribution < 1.29 is 23.9 Å². The topological polar surface area (TPSA) is 116 Å². The van der Waals surface area contributed by atoms with Crippen molar-refractivity contribution in [2.45, 2.75) is 26.2 Å². The van der Waals surface area contributed by atoms with Gasteiger partial charge in [0.25, 0.3) is 5.91 Å². The van der Waals surface area contributed by atoms with Crippen LogP contribution in [0.5, 0.6) is 0 Å². The zero-order chi connectivity index (χ0) is 21.0. The number of rotatable bonds is 7. The fourth-order valence-corrected chi connectivity index (χ4v) is 3.25. The molecular formula is C22H22N2O5. The molecule has 0 saturated heterocycles. The molecule has 7 nitrogen and oxygen atoms in total. The molecule has 0 spiro atoms. The first kappa shape index (κ1) is 20.3. The molecule has 2 aromatic carbocycles. The SMILES string of the molecule is CCCCCNC(=O)COC(=O)c1ccc2c(c1N)C(=O)c1ccccc1C2=O. The van der Waals surface area contributed by atoms with Gasteiger partial charge in [0.1, 0.15) is 0 Å². The highest BCUT2D eigenvalue weighted by Crippen LogP contribution is 2.32. The van der Waals surface area contributed by atoms with Crippen molar-refractivity contribution in [3.05, 3.63) is 64.2 Å². The van der Waals surface area contributed by atoms with Crippen LogP contribution >= 0.6 is 0 Å². The van der Waals surface area contributed by atoms with E-state index >= 15 is 0 Å². The molecule has 0 aromatic heterocycles. The lowest BCUT2D eigenvalue weighted by atomic mass is 9.82. The summed E-state index contributed by atoms with van der Waals surface area (Å²) in [6, 6.07) is 9.19. The van der Waals surface area contributed by atoms with E-state index in [1.807, 2.05) is 0 Å². The number of benzene rings is 2. The molecule has 0 unspecified atom stereocenters. The highest BCUT2D eigenvalue weighted by atomic mass is 16.5. The van der Waals surface area contributed by atoms with Crippen LogP contribution in [0.4, 0.5) is 5.69 Å². The first-order chi connectivity index (χ1) is 14.0. The lowest BCUT2D eigenvalue weighted by molar-refractivity contribution is -0.124. The Labute approximate surface area is 168 Å². The number of amides is 1. The predicted molar refractivity (Wildman–Crippen MR) is 107 cm³/mol. The van der Waals surface area contributed by atoms with E-state index < -0.39 is 24.3 Å². The summed E-state index contributed by atoms with van der Waals surface area (Å²) in [6.07, 6.45) is 2.89. The Kier molecular flexibility index (Phi) is 6.07. The lowest BCUT2D eigenvalue weighted by Crippen LogP contribution is -2.30. The van der Waals surface area contributed by atoms with Crippen LogP contribution < -0.4 is 11.1 Å². The van der Waals surface area contributed by atoms with E-state index in [9.17, 15) is 19.2 Å². The number of fused-ring (bicyclic) bond motifs is 2. The molecule has 150 valence electrons. The van der Waals surface area contributed by atoms with Gasteiger partial charge in [-0.1, -0.05) is 44.0 Å². The van der Waals surface area contributed by atoms with Crippen molar-refractivity contribution in [1.29, 1.82) is 0 Å². The largest absolute Gasteiger partial charge is 0.452 e. The van der Waals surface area contributed by atoms with Gasteiger partial charge in [0.2, 0.25) is 0 Å². The standard InChI is InChI=1S/C22H22N2O5/c1-2-3-6-11-24-17(25)12-29-22(28)16-10-9-15-18(19(16)23)21(27)14-8-5-4-7-13(14)20(15)26/h4-5,7-10H,2-3,6,11-12,23H2,1H3,(H,24,25). The molecule has 0 heterocycles.